The highest BCUT2D eigenvalue weighted by Crippen LogP contribution is 2.74. The van der Waals surface area contributed by atoms with Gasteiger partial charge in [0.1, 0.15) is 0 Å². The Bertz CT molecular complexity index is 1070. The number of likely N-dealkylation sites (tertiary alicyclic amines) is 1. The second kappa shape index (κ2) is 6.25. The average Bonchev–Trinajstić information content (AvgIpc) is 3.17. The van der Waals surface area contributed by atoms with Gasteiger partial charge in [-0.15, -0.1) is 0 Å². The van der Waals surface area contributed by atoms with E-state index in [4.69, 9.17) is 0 Å². The van der Waals surface area contributed by atoms with Crippen molar-refractivity contribution in [3.05, 3.63) is 71.3 Å². The molecule has 5 aliphatic rings. The van der Waals surface area contributed by atoms with Crippen molar-refractivity contribution in [2.75, 3.05) is 24.5 Å². The van der Waals surface area contributed by atoms with Crippen LogP contribution in [0.1, 0.15) is 55.7 Å². The van der Waals surface area contributed by atoms with E-state index in [1.54, 1.807) is 16.8 Å². The van der Waals surface area contributed by atoms with Crippen LogP contribution < -0.4 is 4.90 Å². The molecule has 1 saturated carbocycles. The Kier molecular flexibility index (Phi) is 3.73. The summed E-state index contributed by atoms with van der Waals surface area (Å²) in [6.45, 7) is 8.88. The molecule has 0 bridgehead atoms. The van der Waals surface area contributed by atoms with Gasteiger partial charge in [0, 0.05) is 43.0 Å². The summed E-state index contributed by atoms with van der Waals surface area (Å²) in [4.78, 5) is 5.59. The highest BCUT2D eigenvalue weighted by atomic mass is 15.3. The fourth-order valence-electron chi connectivity index (χ4n) is 8.03. The van der Waals surface area contributed by atoms with Crippen molar-refractivity contribution in [2.45, 2.75) is 57.9 Å². The first-order chi connectivity index (χ1) is 15.1. The van der Waals surface area contributed by atoms with Gasteiger partial charge in [-0.3, -0.25) is 0 Å². The number of piperidine rings is 1. The van der Waals surface area contributed by atoms with E-state index in [-0.39, 0.29) is 0 Å². The van der Waals surface area contributed by atoms with Crippen LogP contribution in [0.5, 0.6) is 0 Å². The smallest absolute Gasteiger partial charge is 0.0483 e. The zero-order chi connectivity index (χ0) is 20.8. The van der Waals surface area contributed by atoms with Crippen molar-refractivity contribution in [3.8, 4) is 0 Å². The number of allylic oxidation sites excluding steroid dienone is 2. The Morgan fingerprint density at radius 2 is 1.65 bits per heavy atom. The Morgan fingerprint density at radius 3 is 2.48 bits per heavy atom. The number of rotatable bonds is 2. The zero-order valence-electron chi connectivity index (χ0n) is 19.0. The summed E-state index contributed by atoms with van der Waals surface area (Å²) in [5.74, 6) is 1.50. The molecule has 2 heteroatoms. The maximum absolute atomic E-state index is 2.83. The molecule has 2 nitrogen and oxygen atoms in total. The molecule has 5 atom stereocenters. The van der Waals surface area contributed by atoms with E-state index in [9.17, 15) is 0 Å². The van der Waals surface area contributed by atoms with Crippen molar-refractivity contribution in [2.24, 2.45) is 16.7 Å². The van der Waals surface area contributed by atoms with Crippen LogP contribution in [0.4, 0.5) is 11.4 Å². The Hall–Kier alpha value is -2.06. The number of fused-ring (bicyclic) bond motifs is 6. The summed E-state index contributed by atoms with van der Waals surface area (Å²) in [6, 6.07) is 17.0. The lowest BCUT2D eigenvalue weighted by molar-refractivity contribution is 0.179. The van der Waals surface area contributed by atoms with Crippen LogP contribution >= 0.6 is 0 Å². The standard InChI is InChI=1S/C29H34N2/c1-28-15-5-6-16-29(28,2)26(28)19-30-17-14-25-23(18-30)22-10-7-9-21-13-12-20-8-3-4-11-24(20)31(25)27(21)22/h3-11,23,25-26H,12-19H2,1-2H3/t23?,25?,26?,28-,29+. The van der Waals surface area contributed by atoms with E-state index >= 15 is 0 Å². The molecule has 0 aromatic heterocycles. The number of para-hydroxylation sites is 2. The predicted molar refractivity (Wildman–Crippen MR) is 128 cm³/mol. The Balaban J connectivity index is 1.21. The van der Waals surface area contributed by atoms with Gasteiger partial charge in [0.2, 0.25) is 0 Å². The Labute approximate surface area is 186 Å². The van der Waals surface area contributed by atoms with Crippen LogP contribution in [-0.2, 0) is 12.8 Å². The van der Waals surface area contributed by atoms with Crippen molar-refractivity contribution in [3.63, 3.8) is 0 Å². The van der Waals surface area contributed by atoms with Crippen LogP contribution in [0, 0.1) is 16.7 Å². The maximum atomic E-state index is 2.83. The molecule has 0 spiro atoms. The van der Waals surface area contributed by atoms with Crippen molar-refractivity contribution in [1.82, 2.24) is 4.90 Å². The van der Waals surface area contributed by atoms with Gasteiger partial charge in [-0.1, -0.05) is 62.4 Å². The third-order valence-electron chi connectivity index (χ3n) is 10.1. The monoisotopic (exact) mass is 410 g/mol. The van der Waals surface area contributed by atoms with E-state index in [0.29, 0.717) is 22.8 Å². The molecule has 160 valence electrons. The van der Waals surface area contributed by atoms with Crippen LogP contribution in [0.15, 0.2) is 54.6 Å². The van der Waals surface area contributed by atoms with Gasteiger partial charge >= 0.3 is 0 Å². The molecule has 31 heavy (non-hydrogen) atoms. The first-order valence-electron chi connectivity index (χ1n) is 12.5. The number of anilines is 2. The molecule has 2 aromatic carbocycles. The molecule has 2 aliphatic carbocycles. The molecule has 7 rings (SSSR count). The SMILES string of the molecule is C[C@@]12CC=CC[C@]1(C)C2CN1CCC2C(C1)c1cccc3c1N2c1ccccc1CC3. The highest BCUT2D eigenvalue weighted by Gasteiger charge is 2.69. The van der Waals surface area contributed by atoms with Gasteiger partial charge < -0.3 is 9.80 Å². The van der Waals surface area contributed by atoms with Crippen molar-refractivity contribution in [1.29, 1.82) is 0 Å². The van der Waals surface area contributed by atoms with E-state index in [1.165, 1.54) is 63.0 Å². The second-order valence-corrected chi connectivity index (χ2v) is 11.3. The van der Waals surface area contributed by atoms with Crippen LogP contribution in [0.25, 0.3) is 0 Å². The van der Waals surface area contributed by atoms with Gasteiger partial charge in [0.15, 0.2) is 0 Å². The molecule has 2 aromatic rings. The van der Waals surface area contributed by atoms with Crippen molar-refractivity contribution >= 4 is 11.4 Å². The minimum atomic E-state index is 0.533. The number of hydrogen-bond acceptors (Lipinski definition) is 2. The largest absolute Gasteiger partial charge is 0.337 e. The summed E-state index contributed by atoms with van der Waals surface area (Å²) in [5.41, 5.74) is 8.82. The molecular weight excluding hydrogens is 376 g/mol. The minimum absolute atomic E-state index is 0.533. The summed E-state index contributed by atoms with van der Waals surface area (Å²) in [6.07, 6.45) is 11.1. The van der Waals surface area contributed by atoms with Gasteiger partial charge in [0.05, 0.1) is 0 Å². The molecule has 0 amide bonds. The second-order valence-electron chi connectivity index (χ2n) is 11.3. The Morgan fingerprint density at radius 1 is 0.903 bits per heavy atom. The fraction of sp³-hybridized carbons (Fsp3) is 0.517. The summed E-state index contributed by atoms with van der Waals surface area (Å²) < 4.78 is 0. The lowest BCUT2D eigenvalue weighted by Crippen LogP contribution is -2.45. The fourth-order valence-corrected chi connectivity index (χ4v) is 8.03. The van der Waals surface area contributed by atoms with Gasteiger partial charge in [-0.2, -0.15) is 0 Å². The van der Waals surface area contributed by atoms with E-state index < -0.39 is 0 Å². The summed E-state index contributed by atoms with van der Waals surface area (Å²) in [5, 5.41) is 0. The predicted octanol–water partition coefficient (Wildman–Crippen LogP) is 6.09. The van der Waals surface area contributed by atoms with E-state index in [2.05, 4.69) is 78.3 Å². The number of aryl methyl sites for hydroxylation is 2. The normalized spacial score (nSPS) is 37.5. The third-order valence-corrected chi connectivity index (χ3v) is 10.1. The third kappa shape index (κ3) is 2.38. The van der Waals surface area contributed by atoms with Gasteiger partial charge in [-0.05, 0) is 71.6 Å². The molecular formula is C29H34N2. The van der Waals surface area contributed by atoms with E-state index in [1.807, 2.05) is 0 Å². The number of hydrogen-bond donors (Lipinski definition) is 0. The molecule has 2 fully saturated rings. The van der Waals surface area contributed by atoms with Crippen LogP contribution in [0.2, 0.25) is 0 Å². The number of nitrogens with zero attached hydrogens (tertiary/aromatic N) is 2. The molecule has 3 aliphatic heterocycles. The lowest BCUT2D eigenvalue weighted by atomic mass is 9.86. The molecule has 0 radical (unpaired) electrons. The average molecular weight is 411 g/mol. The molecule has 3 heterocycles. The maximum Gasteiger partial charge on any atom is 0.0483 e. The summed E-state index contributed by atoms with van der Waals surface area (Å²) in [7, 11) is 0. The van der Waals surface area contributed by atoms with Crippen molar-refractivity contribution < 1.29 is 0 Å². The van der Waals surface area contributed by atoms with Crippen LogP contribution in [-0.4, -0.2) is 30.6 Å². The zero-order valence-corrected chi connectivity index (χ0v) is 19.0. The van der Waals surface area contributed by atoms with Crippen LogP contribution in [0.3, 0.4) is 0 Å². The molecule has 1 saturated heterocycles. The molecule has 3 unspecified atom stereocenters. The van der Waals surface area contributed by atoms with Gasteiger partial charge in [-0.25, -0.2) is 0 Å². The first kappa shape index (κ1) is 18.5. The molecule has 0 N–H and O–H groups in total. The minimum Gasteiger partial charge on any atom is -0.337 e. The summed E-state index contributed by atoms with van der Waals surface area (Å²) >= 11 is 0. The highest BCUT2D eigenvalue weighted by molar-refractivity contribution is 5.79. The topological polar surface area (TPSA) is 6.48 Å². The van der Waals surface area contributed by atoms with E-state index in [0.717, 1.165) is 5.92 Å². The van der Waals surface area contributed by atoms with Gasteiger partial charge in [0.25, 0.3) is 0 Å². The number of benzene rings is 2. The first-order valence-corrected chi connectivity index (χ1v) is 12.5. The lowest BCUT2D eigenvalue weighted by Gasteiger charge is -2.39. The quantitative estimate of drug-likeness (QED) is 0.553.